The van der Waals surface area contributed by atoms with Crippen molar-refractivity contribution in [2.75, 3.05) is 6.54 Å². The highest BCUT2D eigenvalue weighted by Crippen LogP contribution is 2.21. The fraction of sp³-hybridized carbons (Fsp3) is 0.316. The highest BCUT2D eigenvalue weighted by atomic mass is 16.3. The van der Waals surface area contributed by atoms with Crippen LogP contribution in [0.1, 0.15) is 40.9 Å². The molecule has 5 nitrogen and oxygen atoms in total. The van der Waals surface area contributed by atoms with Crippen LogP contribution < -0.4 is 11.1 Å². The van der Waals surface area contributed by atoms with Gasteiger partial charge in [0.05, 0.1) is 11.6 Å². The maximum absolute atomic E-state index is 11.3. The van der Waals surface area contributed by atoms with E-state index in [0.717, 1.165) is 12.8 Å². The molecule has 0 aliphatic heterocycles. The Morgan fingerprint density at radius 1 is 1.21 bits per heavy atom. The Morgan fingerprint density at radius 2 is 1.92 bits per heavy atom. The lowest BCUT2D eigenvalue weighted by Crippen LogP contribution is -2.90. The summed E-state index contributed by atoms with van der Waals surface area (Å²) in [5, 5.41) is 22.0. The SMILES string of the molecule is C[C@H](CCc1ccccc1)[NH2+]C[C@@H](O)c1ccc(O)c(C(N)=O)c1. The normalized spacial score (nSPS) is 13.4. The molecule has 0 saturated carbocycles. The van der Waals surface area contributed by atoms with Gasteiger partial charge < -0.3 is 21.3 Å². The molecule has 0 heterocycles. The predicted octanol–water partition coefficient (Wildman–Crippen LogP) is 1.11. The van der Waals surface area contributed by atoms with Crippen LogP contribution in [-0.2, 0) is 6.42 Å². The van der Waals surface area contributed by atoms with E-state index in [9.17, 15) is 15.0 Å². The zero-order valence-corrected chi connectivity index (χ0v) is 13.9. The van der Waals surface area contributed by atoms with Gasteiger partial charge in [0.15, 0.2) is 0 Å². The minimum Gasteiger partial charge on any atom is -0.507 e. The fourth-order valence-electron chi connectivity index (χ4n) is 2.61. The van der Waals surface area contributed by atoms with Gasteiger partial charge in [-0.25, -0.2) is 0 Å². The maximum Gasteiger partial charge on any atom is 0.252 e. The molecule has 0 spiro atoms. The molecule has 128 valence electrons. The number of aliphatic hydroxyl groups is 1. The van der Waals surface area contributed by atoms with E-state index in [1.807, 2.05) is 18.2 Å². The molecule has 2 aromatic rings. The number of aliphatic hydroxyl groups excluding tert-OH is 1. The molecular weight excluding hydrogens is 304 g/mol. The molecule has 2 atom stereocenters. The number of rotatable bonds is 8. The Hall–Kier alpha value is -2.37. The summed E-state index contributed by atoms with van der Waals surface area (Å²) in [6, 6.07) is 15.1. The number of aromatic hydroxyl groups is 1. The molecule has 0 saturated heterocycles. The summed E-state index contributed by atoms with van der Waals surface area (Å²) in [5.74, 6) is -0.875. The minimum atomic E-state index is -0.720. The monoisotopic (exact) mass is 329 g/mol. The molecule has 0 radical (unpaired) electrons. The number of primary amides is 1. The van der Waals surface area contributed by atoms with E-state index in [-0.39, 0.29) is 11.3 Å². The van der Waals surface area contributed by atoms with Crippen molar-refractivity contribution in [2.45, 2.75) is 31.9 Å². The molecule has 6 N–H and O–H groups in total. The molecule has 0 unspecified atom stereocenters. The van der Waals surface area contributed by atoms with Gasteiger partial charge in [-0.3, -0.25) is 4.79 Å². The molecule has 1 amide bonds. The minimum absolute atomic E-state index is 0.0312. The summed E-state index contributed by atoms with van der Waals surface area (Å²) in [4.78, 5) is 11.3. The summed E-state index contributed by atoms with van der Waals surface area (Å²) < 4.78 is 0. The van der Waals surface area contributed by atoms with Crippen LogP contribution in [0.5, 0.6) is 5.75 Å². The van der Waals surface area contributed by atoms with Crippen molar-refractivity contribution in [3.63, 3.8) is 0 Å². The number of aryl methyl sites for hydroxylation is 1. The van der Waals surface area contributed by atoms with Gasteiger partial charge in [0.2, 0.25) is 0 Å². The van der Waals surface area contributed by atoms with Crippen molar-refractivity contribution in [3.8, 4) is 5.75 Å². The van der Waals surface area contributed by atoms with Gasteiger partial charge in [0.1, 0.15) is 18.4 Å². The first-order valence-electron chi connectivity index (χ1n) is 8.15. The Labute approximate surface area is 142 Å². The summed E-state index contributed by atoms with van der Waals surface area (Å²) in [6.07, 6.45) is 1.29. The molecule has 0 aliphatic carbocycles. The van der Waals surface area contributed by atoms with Crippen LogP contribution in [-0.4, -0.2) is 28.7 Å². The number of nitrogens with two attached hydrogens (primary N) is 2. The van der Waals surface area contributed by atoms with Crippen molar-refractivity contribution in [1.82, 2.24) is 0 Å². The molecule has 5 heteroatoms. The van der Waals surface area contributed by atoms with Crippen molar-refractivity contribution in [2.24, 2.45) is 5.73 Å². The van der Waals surface area contributed by atoms with Crippen LogP contribution in [0.4, 0.5) is 0 Å². The third-order valence-electron chi connectivity index (χ3n) is 4.16. The van der Waals surface area contributed by atoms with E-state index in [1.165, 1.54) is 17.7 Å². The van der Waals surface area contributed by atoms with Crippen LogP contribution in [0.2, 0.25) is 0 Å². The average Bonchev–Trinajstić information content (AvgIpc) is 2.59. The first kappa shape index (κ1) is 18.0. The van der Waals surface area contributed by atoms with Gasteiger partial charge in [-0.05, 0) is 36.6 Å². The fourth-order valence-corrected chi connectivity index (χ4v) is 2.61. The second kappa shape index (κ2) is 8.47. The molecule has 2 aromatic carbocycles. The number of quaternary nitrogens is 1. The van der Waals surface area contributed by atoms with E-state index in [0.29, 0.717) is 18.2 Å². The van der Waals surface area contributed by atoms with E-state index in [2.05, 4.69) is 24.4 Å². The molecule has 24 heavy (non-hydrogen) atoms. The van der Waals surface area contributed by atoms with E-state index in [4.69, 9.17) is 5.73 Å². The number of hydrogen-bond donors (Lipinski definition) is 4. The largest absolute Gasteiger partial charge is 0.507 e. The lowest BCUT2D eigenvalue weighted by atomic mass is 10.0. The summed E-state index contributed by atoms with van der Waals surface area (Å²) in [5.41, 5.74) is 7.13. The molecule has 0 aromatic heterocycles. The predicted molar refractivity (Wildman–Crippen MR) is 92.6 cm³/mol. The van der Waals surface area contributed by atoms with Crippen LogP contribution >= 0.6 is 0 Å². The van der Waals surface area contributed by atoms with Crippen molar-refractivity contribution in [1.29, 1.82) is 0 Å². The standard InChI is InChI=1S/C19H24N2O3/c1-13(7-8-14-5-3-2-4-6-14)21-12-18(23)15-9-10-17(22)16(11-15)19(20)24/h2-6,9-11,13,18,21-23H,7-8,12H2,1H3,(H2,20,24)/p+1/t13-,18-/m1/s1. The lowest BCUT2D eigenvalue weighted by Gasteiger charge is -2.15. The maximum atomic E-state index is 11.3. The molecule has 0 bridgehead atoms. The number of amides is 1. The topological polar surface area (TPSA) is 100 Å². The summed E-state index contributed by atoms with van der Waals surface area (Å²) in [7, 11) is 0. The van der Waals surface area contributed by atoms with Crippen molar-refractivity contribution in [3.05, 3.63) is 65.2 Å². The highest BCUT2D eigenvalue weighted by molar-refractivity contribution is 5.95. The van der Waals surface area contributed by atoms with Crippen LogP contribution in [0.3, 0.4) is 0 Å². The van der Waals surface area contributed by atoms with Gasteiger partial charge in [0, 0.05) is 6.42 Å². The van der Waals surface area contributed by atoms with Gasteiger partial charge in [-0.1, -0.05) is 36.4 Å². The number of phenols is 1. The van der Waals surface area contributed by atoms with Gasteiger partial charge in [0.25, 0.3) is 5.91 Å². The van der Waals surface area contributed by atoms with Crippen LogP contribution in [0.25, 0.3) is 0 Å². The van der Waals surface area contributed by atoms with Crippen molar-refractivity contribution < 1.29 is 20.3 Å². The second-order valence-electron chi connectivity index (χ2n) is 6.13. The van der Waals surface area contributed by atoms with Gasteiger partial charge in [-0.2, -0.15) is 0 Å². The van der Waals surface area contributed by atoms with Gasteiger partial charge >= 0.3 is 0 Å². The average molecular weight is 329 g/mol. The third kappa shape index (κ3) is 5.08. The van der Waals surface area contributed by atoms with E-state index >= 15 is 0 Å². The molecule has 0 fully saturated rings. The third-order valence-corrected chi connectivity index (χ3v) is 4.16. The zero-order valence-electron chi connectivity index (χ0n) is 13.9. The number of carbonyl (C=O) groups is 1. The molecular formula is C19H25N2O3+. The summed E-state index contributed by atoms with van der Waals surface area (Å²) in [6.45, 7) is 2.61. The zero-order chi connectivity index (χ0) is 17.5. The number of hydrogen-bond acceptors (Lipinski definition) is 3. The second-order valence-corrected chi connectivity index (χ2v) is 6.13. The molecule has 0 aliphatic rings. The van der Waals surface area contributed by atoms with E-state index < -0.39 is 12.0 Å². The first-order valence-corrected chi connectivity index (χ1v) is 8.15. The Morgan fingerprint density at radius 3 is 2.58 bits per heavy atom. The molecule has 2 rings (SSSR count). The Kier molecular flexibility index (Phi) is 6.35. The first-order chi connectivity index (χ1) is 11.5. The van der Waals surface area contributed by atoms with Crippen LogP contribution in [0, 0.1) is 0 Å². The highest BCUT2D eigenvalue weighted by Gasteiger charge is 2.16. The quantitative estimate of drug-likeness (QED) is 0.583. The van der Waals surface area contributed by atoms with E-state index in [1.54, 1.807) is 6.07 Å². The smallest absolute Gasteiger partial charge is 0.252 e. The lowest BCUT2D eigenvalue weighted by molar-refractivity contribution is -0.693. The van der Waals surface area contributed by atoms with Crippen molar-refractivity contribution >= 4 is 5.91 Å². The number of carbonyl (C=O) groups excluding carboxylic acids is 1. The summed E-state index contributed by atoms with van der Waals surface area (Å²) >= 11 is 0. The Bertz CT molecular complexity index is 674. The Balaban J connectivity index is 1.85. The van der Waals surface area contributed by atoms with Crippen LogP contribution in [0.15, 0.2) is 48.5 Å². The van der Waals surface area contributed by atoms with Gasteiger partial charge in [-0.15, -0.1) is 0 Å². The number of benzene rings is 2.